The van der Waals surface area contributed by atoms with Crippen LogP contribution >= 0.6 is 11.6 Å². The fraction of sp³-hybridized carbons (Fsp3) is 0.278. The Morgan fingerprint density at radius 1 is 1.26 bits per heavy atom. The molecular formula is C18H18ClFN2O4S. The number of nitrogens with one attached hydrogen (secondary N) is 1. The Bertz CT molecular complexity index is 924. The first kappa shape index (κ1) is 19.8. The van der Waals surface area contributed by atoms with Crippen LogP contribution < -0.4 is 4.72 Å². The van der Waals surface area contributed by atoms with Gasteiger partial charge in [0.25, 0.3) is 0 Å². The third kappa shape index (κ3) is 4.84. The van der Waals surface area contributed by atoms with Crippen molar-refractivity contribution in [3.63, 3.8) is 0 Å². The molecule has 1 aliphatic heterocycles. The maximum atomic E-state index is 13.2. The molecule has 1 atom stereocenters. The van der Waals surface area contributed by atoms with E-state index >= 15 is 0 Å². The van der Waals surface area contributed by atoms with Gasteiger partial charge in [0.15, 0.2) is 0 Å². The Morgan fingerprint density at radius 3 is 2.70 bits per heavy atom. The van der Waals surface area contributed by atoms with Gasteiger partial charge in [-0.25, -0.2) is 17.5 Å². The van der Waals surface area contributed by atoms with E-state index in [1.54, 1.807) is 4.90 Å². The first-order valence-electron chi connectivity index (χ1n) is 8.26. The second kappa shape index (κ2) is 8.35. The van der Waals surface area contributed by atoms with Gasteiger partial charge >= 0.3 is 0 Å². The SMILES string of the molecule is O=C(CNS(=O)(=O)c1ccc(F)c(Cl)c1)N1CCO[C@H](c2ccccc2)C1. The van der Waals surface area contributed by atoms with Gasteiger partial charge in [0, 0.05) is 6.54 Å². The summed E-state index contributed by atoms with van der Waals surface area (Å²) in [6.07, 6.45) is -0.253. The van der Waals surface area contributed by atoms with Crippen molar-refractivity contribution in [1.82, 2.24) is 9.62 Å². The van der Waals surface area contributed by atoms with Crippen LogP contribution in [0.25, 0.3) is 0 Å². The molecule has 0 bridgehead atoms. The molecule has 0 saturated carbocycles. The lowest BCUT2D eigenvalue weighted by Gasteiger charge is -2.33. The molecule has 9 heteroatoms. The molecule has 3 rings (SSSR count). The summed E-state index contributed by atoms with van der Waals surface area (Å²) in [6, 6.07) is 12.6. The lowest BCUT2D eigenvalue weighted by molar-refractivity contribution is -0.137. The van der Waals surface area contributed by atoms with Gasteiger partial charge in [-0.3, -0.25) is 4.79 Å². The smallest absolute Gasteiger partial charge is 0.241 e. The first-order valence-corrected chi connectivity index (χ1v) is 10.1. The molecule has 0 aliphatic carbocycles. The number of sulfonamides is 1. The van der Waals surface area contributed by atoms with E-state index in [-0.39, 0.29) is 21.9 Å². The molecule has 0 radical (unpaired) electrons. The zero-order valence-electron chi connectivity index (χ0n) is 14.3. The van der Waals surface area contributed by atoms with Crippen LogP contribution in [0, 0.1) is 5.82 Å². The molecule has 2 aromatic rings. The molecule has 1 aliphatic rings. The molecule has 27 heavy (non-hydrogen) atoms. The van der Waals surface area contributed by atoms with Crippen LogP contribution in [0.2, 0.25) is 5.02 Å². The molecule has 1 heterocycles. The van der Waals surface area contributed by atoms with Gasteiger partial charge in [0.1, 0.15) is 11.9 Å². The standard InChI is InChI=1S/C18H18ClFN2O4S/c19-15-10-14(6-7-16(15)20)27(24,25)21-11-18(23)22-8-9-26-17(12-22)13-4-2-1-3-5-13/h1-7,10,17,21H,8-9,11-12H2/t17-/m0/s1. The summed E-state index contributed by atoms with van der Waals surface area (Å²) >= 11 is 5.62. The zero-order chi connectivity index (χ0) is 19.4. The average molecular weight is 413 g/mol. The first-order chi connectivity index (χ1) is 12.9. The minimum Gasteiger partial charge on any atom is -0.370 e. The van der Waals surface area contributed by atoms with E-state index in [1.807, 2.05) is 30.3 Å². The Balaban J connectivity index is 1.62. The zero-order valence-corrected chi connectivity index (χ0v) is 15.8. The molecule has 1 fully saturated rings. The van der Waals surface area contributed by atoms with Crippen LogP contribution in [0.1, 0.15) is 11.7 Å². The molecule has 144 valence electrons. The number of amides is 1. The van der Waals surface area contributed by atoms with Gasteiger partial charge in [-0.15, -0.1) is 0 Å². The van der Waals surface area contributed by atoms with Crippen molar-refractivity contribution in [1.29, 1.82) is 0 Å². The van der Waals surface area contributed by atoms with Crippen molar-refractivity contribution in [2.75, 3.05) is 26.2 Å². The molecule has 2 aromatic carbocycles. The number of benzene rings is 2. The molecular weight excluding hydrogens is 395 g/mol. The van der Waals surface area contributed by atoms with Gasteiger partial charge < -0.3 is 9.64 Å². The molecule has 1 amide bonds. The van der Waals surface area contributed by atoms with Crippen LogP contribution in [-0.4, -0.2) is 45.5 Å². The van der Waals surface area contributed by atoms with E-state index in [0.29, 0.717) is 19.7 Å². The number of rotatable bonds is 5. The van der Waals surface area contributed by atoms with Gasteiger partial charge in [-0.1, -0.05) is 41.9 Å². The summed E-state index contributed by atoms with van der Waals surface area (Å²) in [5, 5.41) is -0.303. The van der Waals surface area contributed by atoms with Crippen molar-refractivity contribution >= 4 is 27.5 Å². The number of carbonyl (C=O) groups excluding carboxylic acids is 1. The summed E-state index contributed by atoms with van der Waals surface area (Å²) in [4.78, 5) is 13.8. The normalized spacial score (nSPS) is 17.7. The van der Waals surface area contributed by atoms with Crippen molar-refractivity contribution in [2.45, 2.75) is 11.0 Å². The van der Waals surface area contributed by atoms with E-state index in [0.717, 1.165) is 23.8 Å². The predicted molar refractivity (Wildman–Crippen MR) is 98.3 cm³/mol. The maximum absolute atomic E-state index is 13.2. The molecule has 1 N–H and O–H groups in total. The van der Waals surface area contributed by atoms with Crippen LogP contribution in [-0.2, 0) is 19.6 Å². The van der Waals surface area contributed by atoms with E-state index in [4.69, 9.17) is 16.3 Å². The fourth-order valence-electron chi connectivity index (χ4n) is 2.74. The summed E-state index contributed by atoms with van der Waals surface area (Å²) < 4.78 is 45.7. The van der Waals surface area contributed by atoms with Gasteiger partial charge in [0.05, 0.1) is 29.6 Å². The van der Waals surface area contributed by atoms with Gasteiger partial charge in [0.2, 0.25) is 15.9 Å². The van der Waals surface area contributed by atoms with Crippen molar-refractivity contribution in [3.8, 4) is 0 Å². The average Bonchev–Trinajstić information content (AvgIpc) is 2.69. The highest BCUT2D eigenvalue weighted by Gasteiger charge is 2.26. The Labute approximate surface area is 161 Å². The molecule has 0 unspecified atom stereocenters. The largest absolute Gasteiger partial charge is 0.370 e. The van der Waals surface area contributed by atoms with E-state index in [2.05, 4.69) is 4.72 Å². The molecule has 6 nitrogen and oxygen atoms in total. The highest BCUT2D eigenvalue weighted by molar-refractivity contribution is 7.89. The van der Waals surface area contributed by atoms with E-state index in [9.17, 15) is 17.6 Å². The lowest BCUT2D eigenvalue weighted by Crippen LogP contribution is -2.46. The Morgan fingerprint density at radius 2 is 2.00 bits per heavy atom. The monoisotopic (exact) mass is 412 g/mol. The van der Waals surface area contributed by atoms with E-state index < -0.39 is 22.4 Å². The third-order valence-electron chi connectivity index (χ3n) is 4.21. The maximum Gasteiger partial charge on any atom is 0.241 e. The highest BCUT2D eigenvalue weighted by atomic mass is 35.5. The second-order valence-electron chi connectivity index (χ2n) is 6.01. The highest BCUT2D eigenvalue weighted by Crippen LogP contribution is 2.22. The minimum absolute atomic E-state index is 0.203. The quantitative estimate of drug-likeness (QED) is 0.818. The van der Waals surface area contributed by atoms with Crippen molar-refractivity contribution in [3.05, 3.63) is 64.9 Å². The van der Waals surface area contributed by atoms with Crippen molar-refractivity contribution < 1.29 is 22.3 Å². The molecule has 0 spiro atoms. The topological polar surface area (TPSA) is 75.7 Å². The Kier molecular flexibility index (Phi) is 6.11. The van der Waals surface area contributed by atoms with Gasteiger partial charge in [-0.05, 0) is 23.8 Å². The van der Waals surface area contributed by atoms with E-state index in [1.165, 1.54) is 0 Å². The number of hydrogen-bond donors (Lipinski definition) is 1. The number of nitrogens with zero attached hydrogens (tertiary/aromatic N) is 1. The van der Waals surface area contributed by atoms with Crippen LogP contribution in [0.3, 0.4) is 0 Å². The summed E-state index contributed by atoms with van der Waals surface area (Å²) in [5.41, 5.74) is 0.955. The number of carbonyl (C=O) groups is 1. The number of halogens is 2. The molecule has 1 saturated heterocycles. The summed E-state index contributed by atoms with van der Waals surface area (Å²) in [5.74, 6) is -1.08. The lowest BCUT2D eigenvalue weighted by atomic mass is 10.1. The van der Waals surface area contributed by atoms with Crippen LogP contribution in [0.15, 0.2) is 53.4 Å². The second-order valence-corrected chi connectivity index (χ2v) is 8.18. The number of ether oxygens (including phenoxy) is 1. The minimum atomic E-state index is -3.98. The Hall–Kier alpha value is -2.00. The third-order valence-corrected chi connectivity index (χ3v) is 5.89. The van der Waals surface area contributed by atoms with Crippen molar-refractivity contribution in [2.24, 2.45) is 0 Å². The van der Waals surface area contributed by atoms with Crippen LogP contribution in [0.5, 0.6) is 0 Å². The number of morpholine rings is 1. The summed E-state index contributed by atoms with van der Waals surface area (Å²) in [6.45, 7) is 0.684. The predicted octanol–water partition coefficient (Wildman–Crippen LogP) is 2.36. The summed E-state index contributed by atoms with van der Waals surface area (Å²) in [7, 11) is -3.98. The van der Waals surface area contributed by atoms with Crippen LogP contribution in [0.4, 0.5) is 4.39 Å². The molecule has 0 aromatic heterocycles. The van der Waals surface area contributed by atoms with Gasteiger partial charge in [-0.2, -0.15) is 0 Å². The fourth-order valence-corrected chi connectivity index (χ4v) is 3.99. The number of hydrogen-bond acceptors (Lipinski definition) is 4.